The van der Waals surface area contributed by atoms with Crippen molar-refractivity contribution in [2.75, 3.05) is 0 Å². The molecule has 0 heterocycles. The molecule has 2 aromatic rings. The van der Waals surface area contributed by atoms with E-state index < -0.39 is 11.8 Å². The van der Waals surface area contributed by atoms with Gasteiger partial charge in [0.1, 0.15) is 5.82 Å². The highest BCUT2D eigenvalue weighted by atomic mass is 32.2. The van der Waals surface area contributed by atoms with Crippen LogP contribution in [0.1, 0.15) is 33.5 Å². The van der Waals surface area contributed by atoms with E-state index in [-0.39, 0.29) is 5.56 Å². The lowest BCUT2D eigenvalue weighted by Gasteiger charge is -2.06. The summed E-state index contributed by atoms with van der Waals surface area (Å²) in [5.41, 5.74) is 3.83. The number of fused-ring (bicyclic) bond motifs is 1. The van der Waals surface area contributed by atoms with Gasteiger partial charge in [0.15, 0.2) is 0 Å². The lowest BCUT2D eigenvalue weighted by molar-refractivity contribution is 0.0691. The number of aryl methyl sites for hydroxylation is 2. The lowest BCUT2D eigenvalue weighted by Crippen LogP contribution is -2.00. The number of benzene rings is 2. The highest BCUT2D eigenvalue weighted by molar-refractivity contribution is 7.98. The maximum absolute atomic E-state index is 13.3. The monoisotopic (exact) mass is 302 g/mol. The Bertz CT molecular complexity index is 697. The van der Waals surface area contributed by atoms with Gasteiger partial charge < -0.3 is 5.11 Å². The molecule has 0 saturated heterocycles. The zero-order valence-electron chi connectivity index (χ0n) is 11.4. The summed E-state index contributed by atoms with van der Waals surface area (Å²) < 4.78 is 13.3. The molecule has 0 aliphatic heterocycles. The van der Waals surface area contributed by atoms with Crippen molar-refractivity contribution in [1.82, 2.24) is 0 Å². The van der Waals surface area contributed by atoms with Crippen LogP contribution in [-0.4, -0.2) is 11.1 Å². The summed E-state index contributed by atoms with van der Waals surface area (Å²) in [4.78, 5) is 11.7. The van der Waals surface area contributed by atoms with Crippen LogP contribution in [0.15, 0.2) is 41.3 Å². The van der Waals surface area contributed by atoms with Crippen molar-refractivity contribution >= 4 is 17.7 Å². The molecule has 3 rings (SSSR count). The number of carbonyl (C=O) groups is 1. The molecule has 1 aliphatic carbocycles. The van der Waals surface area contributed by atoms with Crippen LogP contribution in [0.3, 0.4) is 0 Å². The summed E-state index contributed by atoms with van der Waals surface area (Å²) in [5.74, 6) is -1.16. The molecule has 1 aliphatic rings. The number of carboxylic acid groups (broad SMARTS) is 1. The predicted octanol–water partition coefficient (Wildman–Crippen LogP) is 4.30. The Hall–Kier alpha value is -1.81. The predicted molar refractivity (Wildman–Crippen MR) is 81.4 cm³/mol. The van der Waals surface area contributed by atoms with E-state index >= 15 is 0 Å². The largest absolute Gasteiger partial charge is 0.478 e. The molecule has 0 unspecified atom stereocenters. The third kappa shape index (κ3) is 3.10. The van der Waals surface area contributed by atoms with Gasteiger partial charge in [0.25, 0.3) is 0 Å². The first-order valence-corrected chi connectivity index (χ1v) is 7.88. The van der Waals surface area contributed by atoms with Crippen molar-refractivity contribution in [2.24, 2.45) is 0 Å². The maximum Gasteiger partial charge on any atom is 0.338 e. The first kappa shape index (κ1) is 14.1. The number of aromatic carboxylic acids is 1. The van der Waals surface area contributed by atoms with E-state index in [0.717, 1.165) is 17.1 Å². The van der Waals surface area contributed by atoms with Crippen LogP contribution in [0.4, 0.5) is 4.39 Å². The fourth-order valence-corrected chi connectivity index (χ4v) is 3.52. The van der Waals surface area contributed by atoms with E-state index in [1.807, 2.05) is 0 Å². The summed E-state index contributed by atoms with van der Waals surface area (Å²) in [7, 11) is 0. The second-order valence-corrected chi connectivity index (χ2v) is 6.24. The van der Waals surface area contributed by atoms with E-state index in [2.05, 4.69) is 18.2 Å². The van der Waals surface area contributed by atoms with Crippen LogP contribution in [0.2, 0.25) is 0 Å². The van der Waals surface area contributed by atoms with Gasteiger partial charge in [0.2, 0.25) is 0 Å². The number of rotatable bonds is 4. The Kier molecular flexibility index (Phi) is 3.97. The quantitative estimate of drug-likeness (QED) is 0.855. The molecule has 0 aromatic heterocycles. The minimum absolute atomic E-state index is 0.269. The van der Waals surface area contributed by atoms with Gasteiger partial charge in [0.05, 0.1) is 5.56 Å². The fraction of sp³-hybridized carbons (Fsp3) is 0.235. The summed E-state index contributed by atoms with van der Waals surface area (Å²) in [5, 5.41) is 8.93. The Balaban J connectivity index is 1.73. The van der Waals surface area contributed by atoms with E-state index in [0.29, 0.717) is 0 Å². The molecule has 0 amide bonds. The molecule has 21 heavy (non-hydrogen) atoms. The van der Waals surface area contributed by atoms with Gasteiger partial charge in [-0.3, -0.25) is 0 Å². The van der Waals surface area contributed by atoms with Gasteiger partial charge in [-0.1, -0.05) is 18.2 Å². The highest BCUT2D eigenvalue weighted by Gasteiger charge is 2.12. The van der Waals surface area contributed by atoms with Gasteiger partial charge in [-0.2, -0.15) is 0 Å². The van der Waals surface area contributed by atoms with Crippen LogP contribution < -0.4 is 0 Å². The number of carboxylic acids is 1. The molecule has 0 bridgehead atoms. The number of halogens is 1. The van der Waals surface area contributed by atoms with E-state index in [9.17, 15) is 9.18 Å². The number of thioether (sulfide) groups is 1. The summed E-state index contributed by atoms with van der Waals surface area (Å²) in [6.07, 6.45) is 3.54. The highest BCUT2D eigenvalue weighted by Crippen LogP contribution is 2.28. The Morgan fingerprint density at radius 1 is 1.14 bits per heavy atom. The molecule has 4 heteroatoms. The van der Waals surface area contributed by atoms with Gasteiger partial charge in [-0.05, 0) is 54.2 Å². The first-order valence-electron chi connectivity index (χ1n) is 6.90. The van der Waals surface area contributed by atoms with Crippen molar-refractivity contribution in [3.63, 3.8) is 0 Å². The minimum Gasteiger partial charge on any atom is -0.478 e. The summed E-state index contributed by atoms with van der Waals surface area (Å²) >= 11 is 1.53. The number of hydrogen-bond donors (Lipinski definition) is 1. The second kappa shape index (κ2) is 5.90. The van der Waals surface area contributed by atoms with E-state index in [1.165, 1.54) is 53.4 Å². The van der Waals surface area contributed by atoms with Gasteiger partial charge in [-0.25, -0.2) is 9.18 Å². The molecule has 0 spiro atoms. The van der Waals surface area contributed by atoms with Crippen molar-refractivity contribution in [3.8, 4) is 0 Å². The van der Waals surface area contributed by atoms with E-state index in [4.69, 9.17) is 5.11 Å². The van der Waals surface area contributed by atoms with Crippen molar-refractivity contribution in [3.05, 3.63) is 64.5 Å². The Morgan fingerprint density at radius 2 is 1.95 bits per heavy atom. The zero-order valence-corrected chi connectivity index (χ0v) is 12.3. The molecule has 0 radical (unpaired) electrons. The minimum atomic E-state index is -1.23. The van der Waals surface area contributed by atoms with Gasteiger partial charge in [0, 0.05) is 10.6 Å². The van der Waals surface area contributed by atoms with E-state index in [1.54, 1.807) is 6.07 Å². The molecule has 1 N–H and O–H groups in total. The molecule has 108 valence electrons. The molecule has 0 fully saturated rings. The molecular formula is C17H15FO2S. The van der Waals surface area contributed by atoms with Crippen molar-refractivity contribution in [1.29, 1.82) is 0 Å². The van der Waals surface area contributed by atoms with Gasteiger partial charge >= 0.3 is 5.97 Å². The molecular weight excluding hydrogens is 287 g/mol. The summed E-state index contributed by atoms with van der Waals surface area (Å²) in [6.45, 7) is 0. The fourth-order valence-electron chi connectivity index (χ4n) is 2.64. The van der Waals surface area contributed by atoms with Crippen LogP contribution in [0, 0.1) is 5.82 Å². The smallest absolute Gasteiger partial charge is 0.338 e. The lowest BCUT2D eigenvalue weighted by atomic mass is 10.1. The van der Waals surface area contributed by atoms with Crippen LogP contribution in [0.5, 0.6) is 0 Å². The third-order valence-corrected chi connectivity index (χ3v) is 4.80. The van der Waals surface area contributed by atoms with Crippen LogP contribution >= 0.6 is 11.8 Å². The SMILES string of the molecule is O=C(O)c1cc(SCc2ccc3c(c2)CCC3)ccc1F. The third-order valence-electron chi connectivity index (χ3n) is 3.74. The van der Waals surface area contributed by atoms with Crippen molar-refractivity contribution in [2.45, 2.75) is 29.9 Å². The average Bonchev–Trinajstić information content (AvgIpc) is 2.93. The van der Waals surface area contributed by atoms with Crippen LogP contribution in [0.25, 0.3) is 0 Å². The average molecular weight is 302 g/mol. The number of hydrogen-bond acceptors (Lipinski definition) is 2. The zero-order chi connectivity index (χ0) is 14.8. The normalized spacial score (nSPS) is 13.2. The second-order valence-electron chi connectivity index (χ2n) is 5.19. The maximum atomic E-state index is 13.3. The molecule has 0 saturated carbocycles. The Morgan fingerprint density at radius 3 is 2.76 bits per heavy atom. The Labute approximate surface area is 127 Å². The molecule has 2 nitrogen and oxygen atoms in total. The first-order chi connectivity index (χ1) is 10.1. The van der Waals surface area contributed by atoms with Crippen LogP contribution in [-0.2, 0) is 18.6 Å². The molecule has 2 aromatic carbocycles. The standard InChI is InChI=1S/C17H15FO2S/c18-16-7-6-14(9-15(16)17(19)20)21-10-11-4-5-12-2-1-3-13(12)8-11/h4-9H,1-3,10H2,(H,19,20). The topological polar surface area (TPSA) is 37.3 Å². The van der Waals surface area contributed by atoms with Gasteiger partial charge in [-0.15, -0.1) is 11.8 Å². The molecule has 0 atom stereocenters. The summed E-state index contributed by atoms with van der Waals surface area (Å²) in [6, 6.07) is 10.8. The van der Waals surface area contributed by atoms with Crippen molar-refractivity contribution < 1.29 is 14.3 Å².